The maximum absolute atomic E-state index is 13.1. The van der Waals surface area contributed by atoms with E-state index in [1.54, 1.807) is 36.0 Å². The van der Waals surface area contributed by atoms with Gasteiger partial charge in [-0.25, -0.2) is 9.07 Å². The molecule has 0 amide bonds. The minimum absolute atomic E-state index is 0.0649. The smallest absolute Gasteiger partial charge is 0.387 e. The van der Waals surface area contributed by atoms with Crippen LogP contribution in [0.15, 0.2) is 59.7 Å². The van der Waals surface area contributed by atoms with Crippen LogP contribution in [-0.2, 0) is 13.0 Å². The zero-order chi connectivity index (χ0) is 22.9. The Morgan fingerprint density at radius 2 is 1.91 bits per heavy atom. The van der Waals surface area contributed by atoms with E-state index >= 15 is 0 Å². The molecule has 32 heavy (non-hydrogen) atoms. The molecule has 0 aliphatic heterocycles. The Morgan fingerprint density at radius 1 is 1.12 bits per heavy atom. The minimum Gasteiger partial charge on any atom is -0.497 e. The van der Waals surface area contributed by atoms with E-state index in [4.69, 9.17) is 4.74 Å². The van der Waals surface area contributed by atoms with E-state index < -0.39 is 6.61 Å². The molecule has 0 saturated heterocycles. The molecule has 0 aliphatic rings. The Hall–Kier alpha value is -3.69. The van der Waals surface area contributed by atoms with Gasteiger partial charge in [-0.3, -0.25) is 4.99 Å². The van der Waals surface area contributed by atoms with Crippen molar-refractivity contribution in [3.63, 3.8) is 0 Å². The van der Waals surface area contributed by atoms with E-state index in [1.165, 1.54) is 25.3 Å². The first kappa shape index (κ1) is 23.0. The molecule has 170 valence electrons. The van der Waals surface area contributed by atoms with Crippen molar-refractivity contribution in [2.24, 2.45) is 4.99 Å². The van der Waals surface area contributed by atoms with E-state index in [1.807, 2.05) is 12.3 Å². The van der Waals surface area contributed by atoms with Gasteiger partial charge in [0.05, 0.1) is 18.5 Å². The van der Waals surface area contributed by atoms with Gasteiger partial charge < -0.3 is 20.1 Å². The van der Waals surface area contributed by atoms with E-state index in [2.05, 4.69) is 25.5 Å². The number of guanidine groups is 1. The summed E-state index contributed by atoms with van der Waals surface area (Å²) in [6.45, 7) is -2.18. The van der Waals surface area contributed by atoms with Crippen LogP contribution in [0.25, 0.3) is 5.69 Å². The van der Waals surface area contributed by atoms with E-state index in [0.717, 1.165) is 11.4 Å². The van der Waals surface area contributed by atoms with Crippen LogP contribution in [0.2, 0.25) is 0 Å². The number of aliphatic imine (C=N–C) groups is 1. The highest BCUT2D eigenvalue weighted by molar-refractivity contribution is 5.79. The normalized spacial score (nSPS) is 11.5. The average molecular weight is 447 g/mol. The number of nitrogens with one attached hydrogen (secondary N) is 2. The van der Waals surface area contributed by atoms with Crippen molar-refractivity contribution >= 4 is 5.96 Å². The van der Waals surface area contributed by atoms with E-state index in [0.29, 0.717) is 30.2 Å². The lowest BCUT2D eigenvalue weighted by Crippen LogP contribution is -2.38. The van der Waals surface area contributed by atoms with Crippen molar-refractivity contribution in [1.82, 2.24) is 20.4 Å². The molecule has 0 aliphatic carbocycles. The highest BCUT2D eigenvalue weighted by Gasteiger charge is 2.12. The fourth-order valence-corrected chi connectivity index (χ4v) is 2.97. The largest absolute Gasteiger partial charge is 0.497 e. The van der Waals surface area contributed by atoms with Gasteiger partial charge in [-0.1, -0.05) is 0 Å². The first-order valence-corrected chi connectivity index (χ1v) is 9.85. The molecule has 0 unspecified atom stereocenters. The Balaban J connectivity index is 1.53. The van der Waals surface area contributed by atoms with Crippen LogP contribution in [0.4, 0.5) is 13.2 Å². The minimum atomic E-state index is -2.92. The van der Waals surface area contributed by atoms with Crippen molar-refractivity contribution in [3.8, 4) is 17.2 Å². The van der Waals surface area contributed by atoms with Crippen LogP contribution in [0.1, 0.15) is 11.3 Å². The maximum atomic E-state index is 13.1. The molecule has 0 fully saturated rings. The molecule has 0 atom stereocenters. The Bertz CT molecular complexity index is 1040. The number of benzene rings is 2. The van der Waals surface area contributed by atoms with Crippen LogP contribution in [-0.4, -0.2) is 43.1 Å². The zero-order valence-electron chi connectivity index (χ0n) is 17.7. The molecule has 2 aromatic carbocycles. The van der Waals surface area contributed by atoms with Crippen LogP contribution < -0.4 is 20.1 Å². The first-order chi connectivity index (χ1) is 15.5. The fraction of sp³-hybridized carbons (Fsp3) is 0.273. The number of hydrogen-bond acceptors (Lipinski definition) is 4. The van der Waals surface area contributed by atoms with Crippen LogP contribution in [0.5, 0.6) is 11.5 Å². The molecule has 0 radical (unpaired) electrons. The van der Waals surface area contributed by atoms with Gasteiger partial charge in [-0.05, 0) is 48.5 Å². The van der Waals surface area contributed by atoms with Crippen molar-refractivity contribution in [1.29, 1.82) is 0 Å². The Morgan fingerprint density at radius 3 is 2.59 bits per heavy atom. The highest BCUT2D eigenvalue weighted by atomic mass is 19.3. The molecule has 7 nitrogen and oxygen atoms in total. The van der Waals surface area contributed by atoms with Gasteiger partial charge in [0.15, 0.2) is 5.96 Å². The highest BCUT2D eigenvalue weighted by Crippen LogP contribution is 2.25. The number of ether oxygens (including phenoxy) is 2. The third-order valence-corrected chi connectivity index (χ3v) is 4.56. The van der Waals surface area contributed by atoms with E-state index in [-0.39, 0.29) is 18.1 Å². The third kappa shape index (κ3) is 6.40. The van der Waals surface area contributed by atoms with Crippen LogP contribution in [0, 0.1) is 5.82 Å². The summed E-state index contributed by atoms with van der Waals surface area (Å²) in [4.78, 5) is 4.14. The van der Waals surface area contributed by atoms with Gasteiger partial charge >= 0.3 is 6.61 Å². The van der Waals surface area contributed by atoms with Gasteiger partial charge in [-0.2, -0.15) is 13.9 Å². The molecule has 0 saturated carbocycles. The molecule has 0 spiro atoms. The molecule has 3 aromatic rings. The predicted octanol–water partition coefficient (Wildman–Crippen LogP) is 3.53. The van der Waals surface area contributed by atoms with E-state index in [9.17, 15) is 13.2 Å². The number of alkyl halides is 2. The lowest BCUT2D eigenvalue weighted by molar-refractivity contribution is -0.0505. The summed E-state index contributed by atoms with van der Waals surface area (Å²) in [5, 5.41) is 10.7. The van der Waals surface area contributed by atoms with Crippen molar-refractivity contribution in [2.45, 2.75) is 19.6 Å². The van der Waals surface area contributed by atoms with Gasteiger partial charge in [0, 0.05) is 38.3 Å². The SMILES string of the molecule is CN=C(NCCc1ccn(-c2ccc(F)cc2)n1)NCc1cc(OC)ccc1OC(F)F. The summed E-state index contributed by atoms with van der Waals surface area (Å²) in [5.41, 5.74) is 2.12. The molecule has 2 N–H and O–H groups in total. The fourth-order valence-electron chi connectivity index (χ4n) is 2.97. The molecule has 0 bridgehead atoms. The number of halogens is 3. The summed E-state index contributed by atoms with van der Waals surface area (Å²) in [7, 11) is 3.11. The summed E-state index contributed by atoms with van der Waals surface area (Å²) < 4.78 is 49.8. The standard InChI is InChI=1S/C22H24F3N5O2/c1-26-22(28-14-15-13-19(31-2)7-8-20(15)32-21(24)25)27-11-9-17-10-12-30(29-17)18-5-3-16(23)4-6-18/h3-8,10,12-13,21H,9,11,14H2,1-2H3,(H2,26,27,28). The topological polar surface area (TPSA) is 72.7 Å². The number of hydrogen-bond donors (Lipinski definition) is 2. The van der Waals surface area contributed by atoms with Crippen molar-refractivity contribution < 1.29 is 22.6 Å². The van der Waals surface area contributed by atoms with Gasteiger partial charge in [0.2, 0.25) is 0 Å². The lowest BCUT2D eigenvalue weighted by atomic mass is 10.2. The van der Waals surface area contributed by atoms with Gasteiger partial charge in [0.1, 0.15) is 17.3 Å². The Kier molecular flexibility index (Phi) is 7.96. The van der Waals surface area contributed by atoms with Crippen LogP contribution >= 0.6 is 0 Å². The molecule has 10 heteroatoms. The van der Waals surface area contributed by atoms with Gasteiger partial charge in [0.25, 0.3) is 0 Å². The Labute approximate surface area is 183 Å². The molecule has 1 heterocycles. The summed E-state index contributed by atoms with van der Waals surface area (Å²) in [5.74, 6) is 0.790. The average Bonchev–Trinajstić information content (AvgIpc) is 3.26. The van der Waals surface area contributed by atoms with Crippen molar-refractivity contribution in [2.75, 3.05) is 20.7 Å². The molecular weight excluding hydrogens is 423 g/mol. The maximum Gasteiger partial charge on any atom is 0.387 e. The monoisotopic (exact) mass is 447 g/mol. The zero-order valence-corrected chi connectivity index (χ0v) is 17.7. The summed E-state index contributed by atoms with van der Waals surface area (Å²) >= 11 is 0. The second kappa shape index (κ2) is 11.1. The molecular formula is C22H24F3N5O2. The van der Waals surface area contributed by atoms with Gasteiger partial charge in [-0.15, -0.1) is 0 Å². The third-order valence-electron chi connectivity index (χ3n) is 4.56. The predicted molar refractivity (Wildman–Crippen MR) is 115 cm³/mol. The second-order valence-electron chi connectivity index (χ2n) is 6.68. The van der Waals surface area contributed by atoms with Crippen LogP contribution in [0.3, 0.4) is 0 Å². The quantitative estimate of drug-likeness (QED) is 0.388. The molecule has 1 aromatic heterocycles. The summed E-state index contributed by atoms with van der Waals surface area (Å²) in [6, 6.07) is 12.6. The first-order valence-electron chi connectivity index (χ1n) is 9.85. The number of rotatable bonds is 9. The number of methoxy groups -OCH3 is 1. The number of aromatic nitrogens is 2. The molecule has 3 rings (SSSR count). The lowest BCUT2D eigenvalue weighted by Gasteiger charge is -2.15. The second-order valence-corrected chi connectivity index (χ2v) is 6.68. The summed E-state index contributed by atoms with van der Waals surface area (Å²) in [6.07, 6.45) is 2.43. The van der Waals surface area contributed by atoms with Crippen molar-refractivity contribution in [3.05, 3.63) is 71.8 Å². The number of nitrogens with zero attached hydrogens (tertiary/aromatic N) is 3.